The zero-order chi connectivity index (χ0) is 19.7. The highest BCUT2D eigenvalue weighted by atomic mass is 16.5. The summed E-state index contributed by atoms with van der Waals surface area (Å²) in [5, 5.41) is 0.646. The zero-order valence-corrected chi connectivity index (χ0v) is 14.2. The van der Waals surface area contributed by atoms with Crippen molar-refractivity contribution in [1.29, 1.82) is 0 Å². The number of ether oxygens (including phenoxy) is 1. The molecule has 0 unspecified atom stereocenters. The van der Waals surface area contributed by atoms with Crippen LogP contribution in [0.5, 0.6) is 5.75 Å². The molecule has 0 aliphatic carbocycles. The molecule has 0 atom stereocenters. The van der Waals surface area contributed by atoms with Gasteiger partial charge in [0.2, 0.25) is 0 Å². The van der Waals surface area contributed by atoms with Gasteiger partial charge in [-0.2, -0.15) is 0 Å². The van der Waals surface area contributed by atoms with Crippen LogP contribution in [0.4, 0.5) is 0 Å². The Kier molecular flexibility index (Phi) is 4.19. The second-order valence-electron chi connectivity index (χ2n) is 6.54. The smallest absolute Gasteiger partial charge is 0.119 e. The maximum absolute atomic E-state index is 8.70. The molecule has 0 spiro atoms. The number of nitrogens with zero attached hydrogens (tertiary/aromatic N) is 1. The molecule has 0 amide bonds. The minimum Gasteiger partial charge on any atom is -0.497 e. The molecule has 0 saturated carbocycles. The third-order valence-corrected chi connectivity index (χ3v) is 3.41. The molecule has 0 bridgehead atoms. The predicted molar refractivity (Wildman–Crippen MR) is 94.7 cm³/mol. The highest BCUT2D eigenvalue weighted by molar-refractivity contribution is 5.84. The highest BCUT2D eigenvalue weighted by Crippen LogP contribution is 2.24. The van der Waals surface area contributed by atoms with Gasteiger partial charge in [-0.15, -0.1) is 0 Å². The summed E-state index contributed by atoms with van der Waals surface area (Å²) >= 11 is 0. The summed E-state index contributed by atoms with van der Waals surface area (Å²) in [6, 6.07) is 5.38. The molecule has 22 heavy (non-hydrogen) atoms. The Labute approximate surface area is 140 Å². The largest absolute Gasteiger partial charge is 0.497 e. The van der Waals surface area contributed by atoms with Crippen LogP contribution in [0, 0.1) is 11.8 Å². The van der Waals surface area contributed by atoms with E-state index in [4.69, 9.17) is 10.2 Å². The number of H-pyrrole nitrogens is 1. The Balaban J connectivity index is 2.51. The fraction of sp³-hybridized carbons (Fsp3) is 0.579. The van der Waals surface area contributed by atoms with Gasteiger partial charge in [0.25, 0.3) is 0 Å². The Hall–Kier alpha value is -1.48. The number of nitrogens with one attached hydrogen (secondary N) is 1. The number of rotatable bonds is 8. The van der Waals surface area contributed by atoms with Gasteiger partial charge < -0.3 is 14.6 Å². The van der Waals surface area contributed by atoms with Crippen LogP contribution in [0.25, 0.3) is 10.9 Å². The Bertz CT molecular complexity index is 730. The summed E-state index contributed by atoms with van der Waals surface area (Å²) in [4.78, 5) is 4.70. The highest BCUT2D eigenvalue weighted by Gasteiger charge is 2.11. The first-order chi connectivity index (χ1) is 12.0. The molecule has 1 N–H and O–H groups in total. The van der Waals surface area contributed by atoms with Crippen LogP contribution in [-0.4, -0.2) is 36.6 Å². The molecule has 2 aromatic rings. The van der Waals surface area contributed by atoms with Gasteiger partial charge >= 0.3 is 0 Å². The number of hydrogen-bond acceptors (Lipinski definition) is 2. The van der Waals surface area contributed by atoms with Gasteiger partial charge in [0.1, 0.15) is 5.75 Å². The summed E-state index contributed by atoms with van der Waals surface area (Å²) in [7, 11) is 1.56. The number of hydrogen-bond donors (Lipinski definition) is 1. The van der Waals surface area contributed by atoms with Crippen molar-refractivity contribution in [3.63, 3.8) is 0 Å². The molecule has 0 radical (unpaired) electrons. The van der Waals surface area contributed by atoms with Gasteiger partial charge in [0.15, 0.2) is 0 Å². The van der Waals surface area contributed by atoms with E-state index in [0.29, 0.717) is 29.8 Å². The third kappa shape index (κ3) is 4.51. The van der Waals surface area contributed by atoms with Crippen LogP contribution >= 0.6 is 0 Å². The van der Waals surface area contributed by atoms with Gasteiger partial charge in [-0.3, -0.25) is 0 Å². The third-order valence-electron chi connectivity index (χ3n) is 3.41. The standard InChI is InChI=1S/C19H30N2O/c1-14(2)12-21(13-15(3)4)9-8-16-11-20-19-7-6-17(22-5)10-18(16)19/h6-7,10-11,14-15,20H,8-9,12-13H2,1-5H3/i8D2,9D2. The Morgan fingerprint density at radius 1 is 1.18 bits per heavy atom. The van der Waals surface area contributed by atoms with Gasteiger partial charge in [-0.1, -0.05) is 27.7 Å². The van der Waals surface area contributed by atoms with E-state index in [1.807, 2.05) is 33.8 Å². The maximum Gasteiger partial charge on any atom is 0.119 e. The molecule has 0 aliphatic rings. The van der Waals surface area contributed by atoms with E-state index >= 15 is 0 Å². The summed E-state index contributed by atoms with van der Waals surface area (Å²) in [5.74, 6) is 1.10. The first kappa shape index (κ1) is 12.0. The van der Waals surface area contributed by atoms with Crippen molar-refractivity contribution in [2.45, 2.75) is 34.1 Å². The SMILES string of the molecule is [2H]C([2H])(c1c[nH]c2ccc(OC)cc12)C([2H])([2H])N(CC(C)C)CC(C)C. The molecular formula is C19H30N2O. The molecule has 3 nitrogen and oxygen atoms in total. The van der Waals surface area contributed by atoms with Gasteiger partial charge in [-0.05, 0) is 42.0 Å². The first-order valence-electron chi connectivity index (χ1n) is 9.91. The number of aromatic amines is 1. The van der Waals surface area contributed by atoms with Crippen LogP contribution < -0.4 is 4.74 Å². The Morgan fingerprint density at radius 2 is 1.86 bits per heavy atom. The van der Waals surface area contributed by atoms with Gasteiger partial charge in [0.05, 0.1) is 7.11 Å². The lowest BCUT2D eigenvalue weighted by Gasteiger charge is -2.26. The van der Waals surface area contributed by atoms with E-state index < -0.39 is 12.9 Å². The molecule has 1 heterocycles. The van der Waals surface area contributed by atoms with E-state index in [-0.39, 0.29) is 11.8 Å². The zero-order valence-electron chi connectivity index (χ0n) is 18.2. The van der Waals surface area contributed by atoms with Crippen LogP contribution in [0.2, 0.25) is 0 Å². The first-order valence-corrected chi connectivity index (χ1v) is 7.91. The fourth-order valence-electron chi connectivity index (χ4n) is 2.52. The van der Waals surface area contributed by atoms with Crippen molar-refractivity contribution in [3.05, 3.63) is 30.0 Å². The minimum absolute atomic E-state index is 0.239. The molecule has 1 aromatic heterocycles. The lowest BCUT2D eigenvalue weighted by Crippen LogP contribution is -2.33. The van der Waals surface area contributed by atoms with Crippen LogP contribution in [0.3, 0.4) is 0 Å². The van der Waals surface area contributed by atoms with Crippen LogP contribution in [-0.2, 0) is 6.37 Å². The lowest BCUT2D eigenvalue weighted by atomic mass is 10.1. The molecule has 0 fully saturated rings. The van der Waals surface area contributed by atoms with Gasteiger partial charge in [0, 0.05) is 42.2 Å². The number of methoxy groups -OCH3 is 1. The van der Waals surface area contributed by atoms with E-state index in [1.54, 1.807) is 30.3 Å². The Morgan fingerprint density at radius 3 is 2.45 bits per heavy atom. The number of aromatic nitrogens is 1. The van der Waals surface area contributed by atoms with Crippen molar-refractivity contribution < 1.29 is 10.2 Å². The van der Waals surface area contributed by atoms with E-state index in [2.05, 4.69) is 4.98 Å². The van der Waals surface area contributed by atoms with Crippen molar-refractivity contribution >= 4 is 10.9 Å². The van der Waals surface area contributed by atoms with Gasteiger partial charge in [-0.25, -0.2) is 0 Å². The van der Waals surface area contributed by atoms with Crippen LogP contribution in [0.15, 0.2) is 24.4 Å². The quantitative estimate of drug-likeness (QED) is 0.786. The monoisotopic (exact) mass is 306 g/mol. The number of benzene rings is 1. The molecule has 3 heteroatoms. The van der Waals surface area contributed by atoms with E-state index in [9.17, 15) is 0 Å². The number of aryl methyl sites for hydroxylation is 1. The summed E-state index contributed by atoms with van der Waals surface area (Å²) in [6.45, 7) is 6.93. The average Bonchev–Trinajstić information content (AvgIpc) is 2.96. The van der Waals surface area contributed by atoms with Crippen molar-refractivity contribution in [1.82, 2.24) is 9.88 Å². The fourth-order valence-corrected chi connectivity index (χ4v) is 2.52. The topological polar surface area (TPSA) is 28.3 Å². The molecular weight excluding hydrogens is 272 g/mol. The molecule has 0 saturated heterocycles. The second-order valence-corrected chi connectivity index (χ2v) is 6.54. The summed E-state index contributed by atoms with van der Waals surface area (Å²) < 4.78 is 40.1. The molecule has 2 rings (SSSR count). The number of fused-ring (bicyclic) bond motifs is 1. The predicted octanol–water partition coefficient (Wildman–Crippen LogP) is 4.33. The molecule has 0 aliphatic heterocycles. The average molecular weight is 306 g/mol. The normalized spacial score (nSPS) is 16.0. The molecule has 122 valence electrons. The van der Waals surface area contributed by atoms with E-state index in [0.717, 1.165) is 5.52 Å². The lowest BCUT2D eigenvalue weighted by molar-refractivity contribution is 0.222. The summed E-state index contributed by atoms with van der Waals surface area (Å²) in [5.41, 5.74) is 1.08. The van der Waals surface area contributed by atoms with E-state index in [1.165, 1.54) is 0 Å². The van der Waals surface area contributed by atoms with Crippen molar-refractivity contribution in [3.8, 4) is 5.75 Å². The van der Waals surface area contributed by atoms with Crippen molar-refractivity contribution in [2.75, 3.05) is 26.7 Å². The molecule has 1 aromatic carbocycles. The summed E-state index contributed by atoms with van der Waals surface area (Å²) in [6.07, 6.45) is -0.619. The van der Waals surface area contributed by atoms with Crippen molar-refractivity contribution in [2.24, 2.45) is 11.8 Å². The van der Waals surface area contributed by atoms with Crippen LogP contribution in [0.1, 0.15) is 38.7 Å². The maximum atomic E-state index is 8.70. The minimum atomic E-state index is -2.19. The second kappa shape index (κ2) is 7.68.